The number of ether oxygens (including phenoxy) is 6. The first-order valence-electron chi connectivity index (χ1n) is 24.1. The summed E-state index contributed by atoms with van der Waals surface area (Å²) in [4.78, 5) is 55.2. The fraction of sp³-hybridized carbons (Fsp3) is 0.491. The molecule has 6 N–H and O–H groups in total. The number of nitrogens with two attached hydrogens (primary N) is 1. The summed E-state index contributed by atoms with van der Waals surface area (Å²) >= 11 is 0. The molecule has 376 valence electrons. The second-order valence-electron chi connectivity index (χ2n) is 19.9. The molecule has 3 aromatic carbocycles. The molecule has 15 heteroatoms. The Morgan fingerprint density at radius 1 is 0.943 bits per heavy atom. The Bertz CT molecular complexity index is 2630. The number of ketones is 3. The van der Waals surface area contributed by atoms with Crippen LogP contribution < -0.4 is 19.9 Å². The molecule has 2 aliphatic heterocycles. The Hall–Kier alpha value is -5.84. The van der Waals surface area contributed by atoms with Crippen molar-refractivity contribution in [2.24, 2.45) is 5.73 Å². The molecule has 7 rings (SSSR count). The summed E-state index contributed by atoms with van der Waals surface area (Å²) in [5.74, 6) is -3.12. The Kier molecular flexibility index (Phi) is 15.8. The van der Waals surface area contributed by atoms with Crippen molar-refractivity contribution in [3.8, 4) is 28.7 Å². The lowest BCUT2D eigenvalue weighted by Crippen LogP contribution is -2.53. The van der Waals surface area contributed by atoms with E-state index in [1.165, 1.54) is 42.0 Å². The molecular formula is C55H67NO14. The number of allylic oxidation sites excluding steroid dienone is 6. The van der Waals surface area contributed by atoms with Crippen LogP contribution in [-0.2, 0) is 31.8 Å². The number of methoxy groups -OCH3 is 1. The fourth-order valence-corrected chi connectivity index (χ4v) is 10.0. The SMILES string of the molecule is COc1cccc2c1C(=O)c1c(O)c3c(c(O)c1C2=O)C[C@](O)(C(=O)COC(=O)Oc1cc(C)c2c(c1)CC[C@@](C)(CC/C=C(\C)CC/C=C(\C)CCC=C(C)C)O2)C[C@H]3OC1C[C@@H](N)[C@@H](O)[C@@H](C)O1. The van der Waals surface area contributed by atoms with Gasteiger partial charge >= 0.3 is 6.16 Å². The van der Waals surface area contributed by atoms with E-state index in [4.69, 9.17) is 34.2 Å². The van der Waals surface area contributed by atoms with Gasteiger partial charge in [-0.15, -0.1) is 0 Å². The first-order chi connectivity index (χ1) is 33.1. The van der Waals surface area contributed by atoms with E-state index in [9.17, 15) is 39.6 Å². The van der Waals surface area contributed by atoms with Crippen molar-refractivity contribution in [2.45, 2.75) is 161 Å². The maximum atomic E-state index is 14.1. The highest BCUT2D eigenvalue weighted by molar-refractivity contribution is 6.31. The molecule has 1 saturated heterocycles. The molecule has 0 saturated carbocycles. The Labute approximate surface area is 409 Å². The molecule has 2 heterocycles. The maximum Gasteiger partial charge on any atom is 0.514 e. The van der Waals surface area contributed by atoms with Crippen LogP contribution >= 0.6 is 0 Å². The van der Waals surface area contributed by atoms with E-state index in [-0.39, 0.29) is 45.8 Å². The highest BCUT2D eigenvalue weighted by Gasteiger charge is 2.51. The average molecular weight is 966 g/mol. The molecule has 1 fully saturated rings. The van der Waals surface area contributed by atoms with Crippen LogP contribution in [-0.4, -0.2) is 93.4 Å². The van der Waals surface area contributed by atoms with Gasteiger partial charge in [-0.2, -0.15) is 0 Å². The first kappa shape index (κ1) is 52.0. The van der Waals surface area contributed by atoms with E-state index in [0.29, 0.717) is 6.42 Å². The number of rotatable bonds is 16. The highest BCUT2D eigenvalue weighted by atomic mass is 16.7. The summed E-state index contributed by atoms with van der Waals surface area (Å²) in [5, 5.41) is 46.3. The predicted molar refractivity (Wildman–Crippen MR) is 260 cm³/mol. The third-order valence-electron chi connectivity index (χ3n) is 14.1. The zero-order chi connectivity index (χ0) is 50.8. The van der Waals surface area contributed by atoms with Gasteiger partial charge in [-0.1, -0.05) is 47.1 Å². The average Bonchev–Trinajstić information content (AvgIpc) is 3.30. The van der Waals surface area contributed by atoms with Crippen molar-refractivity contribution >= 4 is 23.5 Å². The van der Waals surface area contributed by atoms with Crippen LogP contribution in [0.15, 0.2) is 65.3 Å². The van der Waals surface area contributed by atoms with Crippen molar-refractivity contribution in [3.63, 3.8) is 0 Å². The molecule has 3 aromatic rings. The molecule has 4 aliphatic rings. The van der Waals surface area contributed by atoms with Gasteiger partial charge in [0.15, 0.2) is 18.7 Å². The number of hydrogen-bond acceptors (Lipinski definition) is 15. The minimum Gasteiger partial charge on any atom is -0.507 e. The fourth-order valence-electron chi connectivity index (χ4n) is 10.0. The normalized spacial score (nSPS) is 25.2. The number of aromatic hydroxyl groups is 2. The Balaban J connectivity index is 1.02. The summed E-state index contributed by atoms with van der Waals surface area (Å²) in [6.07, 6.45) is 7.29. The van der Waals surface area contributed by atoms with Crippen molar-refractivity contribution in [2.75, 3.05) is 13.7 Å². The largest absolute Gasteiger partial charge is 0.514 e. The summed E-state index contributed by atoms with van der Waals surface area (Å²) in [7, 11) is 1.32. The van der Waals surface area contributed by atoms with Crippen LogP contribution in [0.2, 0.25) is 0 Å². The number of carbonyl (C=O) groups is 4. The third kappa shape index (κ3) is 11.0. The van der Waals surface area contributed by atoms with Crippen molar-refractivity contribution < 1.29 is 68.0 Å². The molecule has 0 aromatic heterocycles. The molecule has 70 heavy (non-hydrogen) atoms. The lowest BCUT2D eigenvalue weighted by Gasteiger charge is -2.42. The van der Waals surface area contributed by atoms with Crippen molar-refractivity contribution in [1.82, 2.24) is 0 Å². The van der Waals surface area contributed by atoms with Crippen LogP contribution in [0.25, 0.3) is 0 Å². The van der Waals surface area contributed by atoms with Gasteiger partial charge < -0.3 is 54.6 Å². The zero-order valence-electron chi connectivity index (χ0n) is 41.4. The number of fused-ring (bicyclic) bond motifs is 4. The summed E-state index contributed by atoms with van der Waals surface area (Å²) in [6.45, 7) is 13.2. The zero-order valence-corrected chi connectivity index (χ0v) is 41.4. The Morgan fingerprint density at radius 2 is 1.63 bits per heavy atom. The van der Waals surface area contributed by atoms with Crippen LogP contribution in [0, 0.1) is 6.92 Å². The third-order valence-corrected chi connectivity index (χ3v) is 14.1. The van der Waals surface area contributed by atoms with Gasteiger partial charge in [0.25, 0.3) is 0 Å². The number of aliphatic hydroxyl groups is 2. The molecule has 0 amide bonds. The molecule has 15 nitrogen and oxygen atoms in total. The van der Waals surface area contributed by atoms with E-state index in [1.807, 2.05) is 6.92 Å². The van der Waals surface area contributed by atoms with Gasteiger partial charge in [0.2, 0.25) is 11.6 Å². The summed E-state index contributed by atoms with van der Waals surface area (Å²) < 4.78 is 34.9. The smallest absolute Gasteiger partial charge is 0.507 e. The predicted octanol–water partition coefficient (Wildman–Crippen LogP) is 8.82. The molecule has 0 radical (unpaired) electrons. The topological polar surface area (TPSA) is 231 Å². The summed E-state index contributed by atoms with van der Waals surface area (Å²) in [5.41, 5.74) is 7.43. The molecule has 2 aliphatic carbocycles. The van der Waals surface area contributed by atoms with Gasteiger partial charge in [0.05, 0.1) is 42.1 Å². The Morgan fingerprint density at radius 3 is 2.31 bits per heavy atom. The van der Waals surface area contributed by atoms with Crippen molar-refractivity contribution in [3.05, 3.63) is 110 Å². The lowest BCUT2D eigenvalue weighted by atomic mass is 9.72. The lowest BCUT2D eigenvalue weighted by molar-refractivity contribution is -0.247. The second kappa shape index (κ2) is 21.3. The number of carbonyl (C=O) groups excluding carboxylic acids is 4. The minimum atomic E-state index is -2.43. The molecular weight excluding hydrogens is 899 g/mol. The minimum absolute atomic E-state index is 0.0422. The second-order valence-corrected chi connectivity index (χ2v) is 19.9. The number of aliphatic hydroxyl groups excluding tert-OH is 1. The van der Waals surface area contributed by atoms with Gasteiger partial charge in [-0.25, -0.2) is 4.79 Å². The van der Waals surface area contributed by atoms with E-state index in [1.54, 1.807) is 19.1 Å². The number of phenolic OH excluding ortho intramolecular Hbond substituents is 2. The van der Waals surface area contributed by atoms with Crippen LogP contribution in [0.3, 0.4) is 0 Å². The van der Waals surface area contributed by atoms with Gasteiger partial charge in [-0.3, -0.25) is 14.4 Å². The van der Waals surface area contributed by atoms with Gasteiger partial charge in [-0.05, 0) is 129 Å². The number of hydrogen-bond donors (Lipinski definition) is 5. The van der Waals surface area contributed by atoms with Gasteiger partial charge in [0, 0.05) is 42.0 Å². The number of Topliss-reactive ketones (excluding diaryl/α,β-unsaturated/α-hetero) is 1. The van der Waals surface area contributed by atoms with Crippen LogP contribution in [0.5, 0.6) is 28.7 Å². The van der Waals surface area contributed by atoms with Crippen molar-refractivity contribution in [1.29, 1.82) is 0 Å². The van der Waals surface area contributed by atoms with Crippen LogP contribution in [0.4, 0.5) is 4.79 Å². The van der Waals surface area contributed by atoms with E-state index < -0.39 is 102 Å². The number of aryl methyl sites for hydroxylation is 2. The monoisotopic (exact) mass is 965 g/mol. The standard InChI is InChI=1S/C55H67NO14/c1-29(2)13-9-14-30(3)15-10-16-31(4)17-12-21-54(7)22-20-34-24-35(23-32(5)52(34)70-54)68-53(63)66-28-41(57)55(64)26-37-44(40(27-55)69-42-25-38(56)47(58)33(6)67-42)51(62)46-45(49(37)60)48(59)36-18-11-19-39(65-8)43(36)50(46)61/h11,13,15,17-19,23-24,33,38,40,42,47,58,60,62,64H,9-10,12,14,16,20-22,25-28,56H2,1-8H3/b30-15+,31-17+/t33-,38-,40-,42?,47+,54-,55-/m1/s1. The molecule has 1 unspecified atom stereocenters. The first-order valence-corrected chi connectivity index (χ1v) is 24.1. The quantitative estimate of drug-likeness (QED) is 0.0306. The molecule has 0 spiro atoms. The highest BCUT2D eigenvalue weighted by Crippen LogP contribution is 2.53. The van der Waals surface area contributed by atoms with E-state index in [0.717, 1.165) is 61.8 Å². The number of benzene rings is 3. The molecule has 7 atom stereocenters. The van der Waals surface area contributed by atoms with Gasteiger partial charge in [0.1, 0.15) is 39.9 Å². The summed E-state index contributed by atoms with van der Waals surface area (Å²) in [6, 6.07) is 6.91. The molecule has 0 bridgehead atoms. The van der Waals surface area contributed by atoms with E-state index in [2.05, 4.69) is 52.8 Å². The maximum absolute atomic E-state index is 14.1. The van der Waals surface area contributed by atoms with Crippen LogP contribution in [0.1, 0.15) is 160 Å². The van der Waals surface area contributed by atoms with E-state index >= 15 is 0 Å². The number of phenols is 2.